The first-order chi connectivity index (χ1) is 8.22. The SMILES string of the molecule is COC(=O)[C@H](C)S[C@H](C)C(=O)N(C(C)C)C(C)C. The van der Waals surface area contributed by atoms with Gasteiger partial charge in [0.25, 0.3) is 0 Å². The predicted octanol–water partition coefficient (Wildman–Crippen LogP) is 2.32. The Morgan fingerprint density at radius 2 is 1.39 bits per heavy atom. The molecule has 0 aromatic heterocycles. The number of carbonyl (C=O) groups is 2. The molecule has 0 aliphatic carbocycles. The van der Waals surface area contributed by atoms with E-state index in [1.165, 1.54) is 18.9 Å². The standard InChI is InChI=1S/C13H25NO3S/c1-8(2)14(9(3)4)12(15)10(5)18-11(6)13(16)17-7/h8-11H,1-7H3/t10-,11+/m1/s1. The molecule has 0 spiro atoms. The predicted molar refractivity (Wildman–Crippen MR) is 75.6 cm³/mol. The van der Waals surface area contributed by atoms with Crippen molar-refractivity contribution < 1.29 is 14.3 Å². The quantitative estimate of drug-likeness (QED) is 0.698. The van der Waals surface area contributed by atoms with Crippen LogP contribution in [-0.4, -0.2) is 46.5 Å². The molecule has 18 heavy (non-hydrogen) atoms. The third kappa shape index (κ3) is 4.88. The Morgan fingerprint density at radius 3 is 1.72 bits per heavy atom. The maximum atomic E-state index is 12.3. The fraction of sp³-hybridized carbons (Fsp3) is 0.846. The molecular formula is C13H25NO3S. The Balaban J connectivity index is 4.62. The van der Waals surface area contributed by atoms with E-state index in [-0.39, 0.29) is 34.5 Å². The van der Waals surface area contributed by atoms with Gasteiger partial charge in [0.05, 0.1) is 12.4 Å². The Hall–Kier alpha value is -0.710. The van der Waals surface area contributed by atoms with Gasteiger partial charge in [-0.3, -0.25) is 9.59 Å². The second-order valence-corrected chi connectivity index (χ2v) is 6.56. The van der Waals surface area contributed by atoms with Crippen molar-refractivity contribution in [3.63, 3.8) is 0 Å². The topological polar surface area (TPSA) is 46.6 Å². The molecule has 0 aromatic rings. The molecule has 0 N–H and O–H groups in total. The third-order valence-corrected chi connectivity index (χ3v) is 3.87. The maximum Gasteiger partial charge on any atom is 0.318 e. The highest BCUT2D eigenvalue weighted by atomic mass is 32.2. The van der Waals surface area contributed by atoms with Crippen LogP contribution in [0.5, 0.6) is 0 Å². The molecule has 106 valence electrons. The van der Waals surface area contributed by atoms with Crippen LogP contribution in [0.2, 0.25) is 0 Å². The first-order valence-electron chi connectivity index (χ1n) is 6.27. The van der Waals surface area contributed by atoms with Crippen molar-refractivity contribution in [3.8, 4) is 0 Å². The summed E-state index contributed by atoms with van der Waals surface area (Å²) < 4.78 is 4.66. The van der Waals surface area contributed by atoms with Gasteiger partial charge in [-0.1, -0.05) is 0 Å². The number of carbonyl (C=O) groups excluding carboxylic acids is 2. The molecule has 0 radical (unpaired) electrons. The van der Waals surface area contributed by atoms with Gasteiger partial charge >= 0.3 is 5.97 Å². The average Bonchev–Trinajstić information content (AvgIpc) is 2.26. The van der Waals surface area contributed by atoms with Crippen LogP contribution in [0, 0.1) is 0 Å². The summed E-state index contributed by atoms with van der Waals surface area (Å²) >= 11 is 1.34. The summed E-state index contributed by atoms with van der Waals surface area (Å²) in [5.74, 6) is -0.221. The molecule has 0 fully saturated rings. The van der Waals surface area contributed by atoms with Crippen LogP contribution in [-0.2, 0) is 14.3 Å². The van der Waals surface area contributed by atoms with Crippen molar-refractivity contribution in [2.24, 2.45) is 0 Å². The Kier molecular flexibility index (Phi) is 7.36. The van der Waals surface area contributed by atoms with Gasteiger partial charge in [-0.2, -0.15) is 0 Å². The number of hydrogen-bond donors (Lipinski definition) is 0. The van der Waals surface area contributed by atoms with Crippen LogP contribution in [0.15, 0.2) is 0 Å². The number of ether oxygens (including phenoxy) is 1. The van der Waals surface area contributed by atoms with E-state index in [0.29, 0.717) is 0 Å². The second-order valence-electron chi connectivity index (χ2n) is 4.88. The van der Waals surface area contributed by atoms with Gasteiger partial charge in [0.15, 0.2) is 0 Å². The largest absolute Gasteiger partial charge is 0.468 e. The van der Waals surface area contributed by atoms with Gasteiger partial charge in [0.2, 0.25) is 5.91 Å². The zero-order valence-electron chi connectivity index (χ0n) is 12.4. The van der Waals surface area contributed by atoms with E-state index in [9.17, 15) is 9.59 Å². The smallest absolute Gasteiger partial charge is 0.318 e. The number of thioether (sulfide) groups is 1. The fourth-order valence-corrected chi connectivity index (χ4v) is 2.96. The van der Waals surface area contributed by atoms with Gasteiger partial charge < -0.3 is 9.64 Å². The van der Waals surface area contributed by atoms with E-state index in [1.807, 2.05) is 39.5 Å². The molecule has 0 rings (SSSR count). The summed E-state index contributed by atoms with van der Waals surface area (Å²) in [5.41, 5.74) is 0. The van der Waals surface area contributed by atoms with Crippen molar-refractivity contribution in [2.45, 2.75) is 64.1 Å². The van der Waals surface area contributed by atoms with Gasteiger partial charge in [-0.25, -0.2) is 0 Å². The number of amides is 1. The molecule has 0 unspecified atom stereocenters. The summed E-state index contributed by atoms with van der Waals surface area (Å²) in [6.07, 6.45) is 0. The van der Waals surface area contributed by atoms with Crippen LogP contribution < -0.4 is 0 Å². The maximum absolute atomic E-state index is 12.3. The van der Waals surface area contributed by atoms with Crippen LogP contribution in [0.25, 0.3) is 0 Å². The van der Waals surface area contributed by atoms with E-state index >= 15 is 0 Å². The van der Waals surface area contributed by atoms with E-state index in [0.717, 1.165) is 0 Å². The number of nitrogens with zero attached hydrogens (tertiary/aromatic N) is 1. The molecule has 1 amide bonds. The zero-order valence-corrected chi connectivity index (χ0v) is 13.2. The van der Waals surface area contributed by atoms with E-state index in [2.05, 4.69) is 4.74 Å². The molecular weight excluding hydrogens is 250 g/mol. The van der Waals surface area contributed by atoms with Gasteiger partial charge in [0.1, 0.15) is 5.25 Å². The molecule has 5 heteroatoms. The number of hydrogen-bond acceptors (Lipinski definition) is 4. The highest BCUT2D eigenvalue weighted by Crippen LogP contribution is 2.22. The normalized spacial score (nSPS) is 14.5. The minimum Gasteiger partial charge on any atom is -0.468 e. The molecule has 4 nitrogen and oxygen atoms in total. The molecule has 2 atom stereocenters. The Labute approximate surface area is 114 Å². The summed E-state index contributed by atoms with van der Waals surface area (Å²) in [4.78, 5) is 25.5. The van der Waals surface area contributed by atoms with E-state index < -0.39 is 0 Å². The molecule has 0 aromatic carbocycles. The number of esters is 1. The third-order valence-electron chi connectivity index (χ3n) is 2.66. The highest BCUT2D eigenvalue weighted by Gasteiger charge is 2.28. The lowest BCUT2D eigenvalue weighted by Crippen LogP contribution is -2.46. The van der Waals surface area contributed by atoms with Crippen LogP contribution in [0.1, 0.15) is 41.5 Å². The van der Waals surface area contributed by atoms with Crippen molar-refractivity contribution in [1.82, 2.24) is 4.90 Å². The lowest BCUT2D eigenvalue weighted by molar-refractivity contribution is -0.139. The summed E-state index contributed by atoms with van der Waals surface area (Å²) in [7, 11) is 1.36. The van der Waals surface area contributed by atoms with Gasteiger partial charge in [-0.05, 0) is 41.5 Å². The number of rotatable bonds is 6. The Bertz CT molecular complexity index is 284. The Morgan fingerprint density at radius 1 is 0.944 bits per heavy atom. The summed E-state index contributed by atoms with van der Waals surface area (Å²) in [5, 5.41) is -0.570. The first-order valence-corrected chi connectivity index (χ1v) is 7.22. The second kappa shape index (κ2) is 7.67. The number of methoxy groups -OCH3 is 1. The van der Waals surface area contributed by atoms with Crippen molar-refractivity contribution in [3.05, 3.63) is 0 Å². The van der Waals surface area contributed by atoms with E-state index in [4.69, 9.17) is 0 Å². The van der Waals surface area contributed by atoms with Crippen LogP contribution >= 0.6 is 11.8 Å². The van der Waals surface area contributed by atoms with Crippen molar-refractivity contribution in [1.29, 1.82) is 0 Å². The molecule has 0 saturated carbocycles. The van der Waals surface area contributed by atoms with Crippen LogP contribution in [0.4, 0.5) is 0 Å². The average molecular weight is 275 g/mol. The summed E-state index contributed by atoms with van der Waals surface area (Å²) in [6.45, 7) is 11.6. The molecule has 0 bridgehead atoms. The fourth-order valence-electron chi connectivity index (χ4n) is 1.90. The minimum atomic E-state index is -0.324. The molecule has 0 heterocycles. The van der Waals surface area contributed by atoms with Crippen molar-refractivity contribution >= 4 is 23.6 Å². The first kappa shape index (κ1) is 17.3. The monoisotopic (exact) mass is 275 g/mol. The molecule has 0 saturated heterocycles. The zero-order chi connectivity index (χ0) is 14.5. The molecule has 0 aliphatic heterocycles. The summed E-state index contributed by atoms with van der Waals surface area (Å²) in [6, 6.07) is 0.322. The van der Waals surface area contributed by atoms with Gasteiger partial charge in [-0.15, -0.1) is 11.8 Å². The van der Waals surface area contributed by atoms with E-state index in [1.54, 1.807) is 6.92 Å². The molecule has 0 aliphatic rings. The van der Waals surface area contributed by atoms with Crippen LogP contribution in [0.3, 0.4) is 0 Å². The lowest BCUT2D eigenvalue weighted by Gasteiger charge is -2.33. The lowest BCUT2D eigenvalue weighted by atomic mass is 10.2. The van der Waals surface area contributed by atoms with Crippen molar-refractivity contribution in [2.75, 3.05) is 7.11 Å². The van der Waals surface area contributed by atoms with Gasteiger partial charge in [0, 0.05) is 12.1 Å². The highest BCUT2D eigenvalue weighted by molar-refractivity contribution is 8.01. The minimum absolute atomic E-state index is 0.0701.